The Morgan fingerprint density at radius 1 is 1.00 bits per heavy atom. The van der Waals surface area contributed by atoms with Crippen molar-refractivity contribution < 1.29 is 9.59 Å². The summed E-state index contributed by atoms with van der Waals surface area (Å²) in [4.78, 5) is 31.7. The predicted octanol–water partition coefficient (Wildman–Crippen LogP) is 1.63. The van der Waals surface area contributed by atoms with Crippen LogP contribution in [0.1, 0.15) is 32.1 Å². The molecule has 6 nitrogen and oxygen atoms in total. The van der Waals surface area contributed by atoms with Crippen molar-refractivity contribution in [3.05, 3.63) is 30.3 Å². The molecule has 2 N–H and O–H groups in total. The molecule has 2 amide bonds. The fourth-order valence-electron chi connectivity index (χ4n) is 4.64. The third-order valence-electron chi connectivity index (χ3n) is 6.21. The van der Waals surface area contributed by atoms with Crippen LogP contribution in [0.2, 0.25) is 0 Å². The highest BCUT2D eigenvalue weighted by molar-refractivity contribution is 5.99. The number of benzene rings is 1. The molecular formula is C20H29ClN4O2. The number of nitrogens with two attached hydrogens (primary N) is 1. The number of carbonyl (C=O) groups is 2. The van der Waals surface area contributed by atoms with E-state index in [4.69, 9.17) is 5.73 Å². The zero-order chi connectivity index (χ0) is 18.1. The molecule has 0 aromatic heterocycles. The Kier molecular flexibility index (Phi) is 6.08. The fraction of sp³-hybridized carbons (Fsp3) is 0.600. The van der Waals surface area contributed by atoms with Crippen molar-refractivity contribution in [3.8, 4) is 0 Å². The van der Waals surface area contributed by atoms with Crippen LogP contribution >= 0.6 is 12.4 Å². The molecule has 0 spiro atoms. The highest BCUT2D eigenvalue weighted by atomic mass is 35.5. The van der Waals surface area contributed by atoms with Gasteiger partial charge in [0.2, 0.25) is 11.8 Å². The molecule has 1 aromatic rings. The van der Waals surface area contributed by atoms with E-state index >= 15 is 0 Å². The molecule has 1 aliphatic carbocycles. The van der Waals surface area contributed by atoms with Crippen molar-refractivity contribution in [1.82, 2.24) is 9.80 Å². The van der Waals surface area contributed by atoms with Gasteiger partial charge in [0.25, 0.3) is 0 Å². The summed E-state index contributed by atoms with van der Waals surface area (Å²) in [7, 11) is 0. The molecule has 2 heterocycles. The first kappa shape index (κ1) is 20.1. The Morgan fingerprint density at radius 3 is 2.26 bits per heavy atom. The van der Waals surface area contributed by atoms with Crippen LogP contribution in [-0.4, -0.2) is 65.9 Å². The second-order valence-electron chi connectivity index (χ2n) is 7.82. The van der Waals surface area contributed by atoms with E-state index in [0.29, 0.717) is 13.1 Å². The van der Waals surface area contributed by atoms with Crippen LogP contribution in [0.5, 0.6) is 0 Å². The molecule has 1 unspecified atom stereocenters. The highest BCUT2D eigenvalue weighted by Gasteiger charge is 2.42. The molecule has 3 aliphatic rings. The molecule has 2 aliphatic heterocycles. The van der Waals surface area contributed by atoms with Crippen molar-refractivity contribution in [3.63, 3.8) is 0 Å². The van der Waals surface area contributed by atoms with E-state index < -0.39 is 5.54 Å². The number of rotatable bonds is 3. The van der Waals surface area contributed by atoms with E-state index in [1.165, 1.54) is 0 Å². The second-order valence-corrected chi connectivity index (χ2v) is 7.82. The molecule has 0 bridgehead atoms. The first-order valence-electron chi connectivity index (χ1n) is 9.77. The number of anilines is 1. The summed E-state index contributed by atoms with van der Waals surface area (Å²) in [6.07, 6.45) is 4.56. The van der Waals surface area contributed by atoms with Gasteiger partial charge < -0.3 is 15.5 Å². The first-order chi connectivity index (χ1) is 12.6. The van der Waals surface area contributed by atoms with Gasteiger partial charge in [-0.3, -0.25) is 14.5 Å². The van der Waals surface area contributed by atoms with Crippen LogP contribution in [0.4, 0.5) is 5.69 Å². The van der Waals surface area contributed by atoms with Crippen molar-refractivity contribution in [2.75, 3.05) is 37.6 Å². The summed E-state index contributed by atoms with van der Waals surface area (Å²) in [5.41, 5.74) is 6.66. The summed E-state index contributed by atoms with van der Waals surface area (Å²) in [5.74, 6) is 0.292. The van der Waals surface area contributed by atoms with E-state index in [0.717, 1.165) is 57.4 Å². The molecule has 4 rings (SSSR count). The third kappa shape index (κ3) is 3.84. The molecule has 3 fully saturated rings. The lowest BCUT2D eigenvalue weighted by Crippen LogP contribution is -2.60. The van der Waals surface area contributed by atoms with Gasteiger partial charge in [-0.15, -0.1) is 12.4 Å². The largest absolute Gasteiger partial charge is 0.339 e. The average molecular weight is 393 g/mol. The molecule has 0 radical (unpaired) electrons. The summed E-state index contributed by atoms with van der Waals surface area (Å²) < 4.78 is 0. The minimum Gasteiger partial charge on any atom is -0.339 e. The second kappa shape index (κ2) is 8.17. The van der Waals surface area contributed by atoms with E-state index in [1.54, 1.807) is 0 Å². The number of carbonyl (C=O) groups excluding carboxylic acids is 2. The summed E-state index contributed by atoms with van der Waals surface area (Å²) in [5, 5.41) is 0. The van der Waals surface area contributed by atoms with Gasteiger partial charge in [0, 0.05) is 38.4 Å². The van der Waals surface area contributed by atoms with Crippen LogP contribution in [0.25, 0.3) is 0 Å². The predicted molar refractivity (Wildman–Crippen MR) is 108 cm³/mol. The van der Waals surface area contributed by atoms with Crippen LogP contribution < -0.4 is 10.6 Å². The lowest BCUT2D eigenvalue weighted by Gasteiger charge is -2.40. The summed E-state index contributed by atoms with van der Waals surface area (Å²) in [6, 6.07) is 9.80. The maximum absolute atomic E-state index is 12.9. The minimum atomic E-state index is -0.643. The minimum absolute atomic E-state index is 0. The molecule has 2 saturated heterocycles. The molecule has 7 heteroatoms. The number of hydrogen-bond acceptors (Lipinski definition) is 4. The molecule has 1 saturated carbocycles. The lowest BCUT2D eigenvalue weighted by atomic mass is 9.96. The quantitative estimate of drug-likeness (QED) is 0.848. The van der Waals surface area contributed by atoms with Gasteiger partial charge in [-0.1, -0.05) is 31.0 Å². The molecule has 148 valence electrons. The first-order valence-corrected chi connectivity index (χ1v) is 9.77. The van der Waals surface area contributed by atoms with Crippen molar-refractivity contribution >= 4 is 29.9 Å². The van der Waals surface area contributed by atoms with Crippen LogP contribution in [0, 0.1) is 0 Å². The number of piperazine rings is 1. The van der Waals surface area contributed by atoms with Crippen LogP contribution in [0.3, 0.4) is 0 Å². The highest BCUT2D eigenvalue weighted by Crippen LogP contribution is 2.30. The van der Waals surface area contributed by atoms with E-state index in [1.807, 2.05) is 40.1 Å². The fourth-order valence-corrected chi connectivity index (χ4v) is 4.64. The number of nitrogens with zero attached hydrogens (tertiary/aromatic N) is 3. The van der Waals surface area contributed by atoms with E-state index in [9.17, 15) is 9.59 Å². The van der Waals surface area contributed by atoms with Crippen molar-refractivity contribution in [2.45, 2.75) is 43.7 Å². The lowest BCUT2D eigenvalue weighted by molar-refractivity contribution is -0.139. The Balaban J connectivity index is 0.00000210. The van der Waals surface area contributed by atoms with E-state index in [2.05, 4.69) is 4.90 Å². The monoisotopic (exact) mass is 392 g/mol. The van der Waals surface area contributed by atoms with Crippen molar-refractivity contribution in [2.24, 2.45) is 5.73 Å². The topological polar surface area (TPSA) is 69.9 Å². The van der Waals surface area contributed by atoms with Gasteiger partial charge in [-0.05, 0) is 31.4 Å². The average Bonchev–Trinajstić information content (AvgIpc) is 3.29. The zero-order valence-corrected chi connectivity index (χ0v) is 16.5. The number of amides is 2. The van der Waals surface area contributed by atoms with Gasteiger partial charge in [-0.25, -0.2) is 0 Å². The maximum atomic E-state index is 12.9. The Labute approximate surface area is 167 Å². The number of para-hydroxylation sites is 1. The smallest absolute Gasteiger partial charge is 0.244 e. The SMILES string of the molecule is Cl.NC1(C(=O)N2CCN(C3CCN(c4ccccc4)C3=O)CC2)CCCC1. The zero-order valence-electron chi connectivity index (χ0n) is 15.7. The van der Waals surface area contributed by atoms with Gasteiger partial charge in [0.1, 0.15) is 0 Å². The van der Waals surface area contributed by atoms with Gasteiger partial charge >= 0.3 is 0 Å². The Morgan fingerprint density at radius 2 is 1.63 bits per heavy atom. The molecule has 1 aromatic carbocycles. The number of halogens is 1. The molecule has 27 heavy (non-hydrogen) atoms. The van der Waals surface area contributed by atoms with Gasteiger partial charge in [-0.2, -0.15) is 0 Å². The standard InChI is InChI=1S/C20H28N4O2.ClH/c21-20(9-4-5-10-20)19(26)23-14-12-22(13-15-23)17-8-11-24(18(17)25)16-6-2-1-3-7-16;/h1-3,6-7,17H,4-5,8-15,21H2;1H. The van der Waals surface area contributed by atoms with E-state index in [-0.39, 0.29) is 30.3 Å². The number of hydrogen-bond donors (Lipinski definition) is 1. The summed E-state index contributed by atoms with van der Waals surface area (Å²) >= 11 is 0. The molecular weight excluding hydrogens is 364 g/mol. The van der Waals surface area contributed by atoms with Gasteiger partial charge in [0.05, 0.1) is 11.6 Å². The van der Waals surface area contributed by atoms with Crippen LogP contribution in [-0.2, 0) is 9.59 Å². The Hall–Kier alpha value is -1.63. The van der Waals surface area contributed by atoms with Gasteiger partial charge in [0.15, 0.2) is 0 Å². The third-order valence-corrected chi connectivity index (χ3v) is 6.21. The molecule has 1 atom stereocenters. The summed E-state index contributed by atoms with van der Waals surface area (Å²) in [6.45, 7) is 3.61. The Bertz CT molecular complexity index is 670. The maximum Gasteiger partial charge on any atom is 0.244 e. The van der Waals surface area contributed by atoms with Crippen LogP contribution in [0.15, 0.2) is 30.3 Å². The normalized spacial score (nSPS) is 25.5. The van der Waals surface area contributed by atoms with Crippen molar-refractivity contribution in [1.29, 1.82) is 0 Å².